The van der Waals surface area contributed by atoms with Crippen molar-refractivity contribution >= 4 is 0 Å². The highest BCUT2D eigenvalue weighted by Crippen LogP contribution is 2.31. The molecule has 0 N–H and O–H groups in total. The molecule has 16 rings (SSSR count). The molecule has 0 aliphatic rings. The molecule has 0 heteroatoms. The van der Waals surface area contributed by atoms with Gasteiger partial charge >= 0.3 is 0 Å². The minimum Gasteiger partial charge on any atom is -0.0622 e. The molecule has 0 amide bonds. The SMILES string of the molecule is Cc1cc(-c2ccccc2)cc(-c2ccccc2)c1.Cc1ccc(-c2ccc(-c3ccccc3)cc2)cc1.Cc1ccc(-c2ccccc2)cc1.Cc1cccc(-c2cccc(-c3ccccc3)c2)c1.Cc1cccc(-c2ccccc2)c1.Cc1ccccc1.Cc1ccccc1-c1ccccc1. The maximum Gasteiger partial charge on any atom is -0.0155 e. The third-order valence-electron chi connectivity index (χ3n) is 17.4. The summed E-state index contributed by atoms with van der Waals surface area (Å²) in [4.78, 5) is 0. The molecule has 0 fully saturated rings. The van der Waals surface area contributed by atoms with Crippen LogP contribution in [0.5, 0.6) is 0 Å². The average Bonchev–Trinajstić information content (AvgIpc) is 0.866. The van der Waals surface area contributed by atoms with E-state index < -0.39 is 0 Å². The molecule has 0 heterocycles. The van der Waals surface area contributed by atoms with Crippen LogP contribution in [-0.2, 0) is 0 Å². The van der Waals surface area contributed by atoms with E-state index in [9.17, 15) is 0 Å². The topological polar surface area (TPSA) is 0 Å². The predicted octanol–water partition coefficient (Wildman–Crippen LogP) is 29.0. The van der Waals surface area contributed by atoms with Gasteiger partial charge in [-0.15, -0.1) is 0 Å². The molecule has 0 unspecified atom stereocenters. The smallest absolute Gasteiger partial charge is 0.0155 e. The molecule has 0 nitrogen and oxygen atoms in total. The Kier molecular flexibility index (Phi) is 28.0. The van der Waals surface area contributed by atoms with E-state index in [0.717, 1.165) is 0 Å². The van der Waals surface area contributed by atoms with Gasteiger partial charge in [-0.25, -0.2) is 0 Å². The number of rotatable bonds is 9. The van der Waals surface area contributed by atoms with Crippen LogP contribution in [0, 0.1) is 48.5 Å². The highest BCUT2D eigenvalue weighted by molar-refractivity contribution is 5.76. The second kappa shape index (κ2) is 39.3. The molecule has 0 atom stereocenters. The Morgan fingerprint density at radius 2 is 0.301 bits per heavy atom. The second-order valence-corrected chi connectivity index (χ2v) is 25.7. The van der Waals surface area contributed by atoms with Gasteiger partial charge in [0.15, 0.2) is 0 Å². The normalized spacial score (nSPS) is 10.1. The molecule has 103 heavy (non-hydrogen) atoms. The lowest BCUT2D eigenvalue weighted by Crippen LogP contribution is -1.84. The van der Waals surface area contributed by atoms with Crippen LogP contribution in [0.2, 0.25) is 0 Å². The highest BCUT2D eigenvalue weighted by atomic mass is 14.1. The molecule has 0 aromatic heterocycles. The summed E-state index contributed by atoms with van der Waals surface area (Å²) in [5, 5.41) is 0. The van der Waals surface area contributed by atoms with Gasteiger partial charge in [-0.1, -0.05) is 446 Å². The fourth-order valence-corrected chi connectivity index (χ4v) is 11.8. The summed E-state index contributed by atoms with van der Waals surface area (Å²) in [5.74, 6) is 0. The van der Waals surface area contributed by atoms with Crippen molar-refractivity contribution in [3.8, 4) is 100 Å². The molecule has 0 aliphatic heterocycles. The van der Waals surface area contributed by atoms with E-state index in [1.54, 1.807) is 0 Å². The Balaban J connectivity index is 0.000000131. The van der Waals surface area contributed by atoms with Crippen molar-refractivity contribution < 1.29 is 0 Å². The lowest BCUT2D eigenvalue weighted by Gasteiger charge is -2.08. The maximum atomic E-state index is 2.26. The molecule has 0 bridgehead atoms. The summed E-state index contributed by atoms with van der Waals surface area (Å²) in [6, 6.07) is 151. The van der Waals surface area contributed by atoms with Crippen LogP contribution in [0.25, 0.3) is 100 Å². The van der Waals surface area contributed by atoms with Gasteiger partial charge in [0.05, 0.1) is 0 Å². The highest BCUT2D eigenvalue weighted by Gasteiger charge is 2.06. The minimum absolute atomic E-state index is 1.26. The van der Waals surface area contributed by atoms with E-state index in [0.29, 0.717) is 0 Å². The first kappa shape index (κ1) is 73.2. The van der Waals surface area contributed by atoms with Crippen LogP contribution in [0.3, 0.4) is 0 Å². The Bertz CT molecular complexity index is 4990. The van der Waals surface area contributed by atoms with E-state index in [2.05, 4.69) is 431 Å². The first-order valence-corrected chi connectivity index (χ1v) is 35.5. The zero-order valence-corrected chi connectivity index (χ0v) is 60.5. The quantitative estimate of drug-likeness (QED) is 0.135. The van der Waals surface area contributed by atoms with Crippen molar-refractivity contribution in [3.05, 3.63) is 470 Å². The Labute approximate surface area is 614 Å². The summed E-state index contributed by atoms with van der Waals surface area (Å²) in [7, 11) is 0. The van der Waals surface area contributed by atoms with Gasteiger partial charge in [-0.05, 0) is 172 Å². The van der Waals surface area contributed by atoms with Crippen LogP contribution >= 0.6 is 0 Å². The average molecular weight is 1330 g/mol. The monoisotopic (exact) mass is 1330 g/mol. The summed E-state index contributed by atoms with van der Waals surface area (Å²) < 4.78 is 0. The molecule has 504 valence electrons. The van der Waals surface area contributed by atoms with Crippen LogP contribution in [0.1, 0.15) is 38.9 Å². The second-order valence-electron chi connectivity index (χ2n) is 25.7. The number of hydrogen-bond acceptors (Lipinski definition) is 0. The molecule has 0 aliphatic carbocycles. The predicted molar refractivity (Wildman–Crippen MR) is 447 cm³/mol. The zero-order valence-electron chi connectivity index (χ0n) is 60.5. The van der Waals surface area contributed by atoms with E-state index in [1.807, 2.05) is 48.5 Å². The fourth-order valence-electron chi connectivity index (χ4n) is 11.8. The van der Waals surface area contributed by atoms with Gasteiger partial charge in [-0.3, -0.25) is 0 Å². The largest absolute Gasteiger partial charge is 0.0622 e. The standard InChI is InChI=1S/3C19H16.3C13H12.C7H8/c1-15-12-18(16-8-4-2-5-9-16)14-19(13-15)17-10-6-3-7-11-17;1-15-7-5-10-17(13-15)19-12-6-11-18(14-19)16-8-3-2-4-9-16;1-15-7-9-17(10-8-15)19-13-11-18(12-14-19)16-5-3-2-4-6-16;1-11-7-5-6-10-13(11)12-8-3-2-4-9-12;1-11-6-5-9-13(10-11)12-7-3-2-4-8-12;1-11-7-9-13(10-8-11)12-5-3-2-4-6-12;1-7-5-3-2-4-6-7/h3*2-14H,1H3;3*2-10H,1H3;2-6H,1H3. The number of aryl methyl sites for hydroxylation is 7. The summed E-state index contributed by atoms with van der Waals surface area (Å²) in [6.07, 6.45) is 0. The third kappa shape index (κ3) is 23.6. The minimum atomic E-state index is 1.26. The number of benzene rings is 16. The van der Waals surface area contributed by atoms with E-state index in [4.69, 9.17) is 0 Å². The molecule has 0 spiro atoms. The Hall–Kier alpha value is -12.5. The maximum absolute atomic E-state index is 2.26. The van der Waals surface area contributed by atoms with Crippen LogP contribution in [0.15, 0.2) is 431 Å². The molecular formula is C103H92. The lowest BCUT2D eigenvalue weighted by molar-refractivity contribution is 1.46. The molecule has 16 aromatic carbocycles. The first-order valence-electron chi connectivity index (χ1n) is 35.5. The van der Waals surface area contributed by atoms with Gasteiger partial charge in [0.2, 0.25) is 0 Å². The third-order valence-corrected chi connectivity index (χ3v) is 17.4. The van der Waals surface area contributed by atoms with E-state index >= 15 is 0 Å². The molecule has 0 saturated heterocycles. The van der Waals surface area contributed by atoms with E-state index in [-0.39, 0.29) is 0 Å². The Morgan fingerprint density at radius 1 is 0.107 bits per heavy atom. The van der Waals surface area contributed by atoms with Gasteiger partial charge < -0.3 is 0 Å². The van der Waals surface area contributed by atoms with Gasteiger partial charge in [0.25, 0.3) is 0 Å². The molecule has 0 saturated carbocycles. The van der Waals surface area contributed by atoms with Crippen molar-refractivity contribution in [3.63, 3.8) is 0 Å². The van der Waals surface area contributed by atoms with Crippen LogP contribution in [-0.4, -0.2) is 0 Å². The molecule has 16 aromatic rings. The molecular weight excluding hydrogens is 1240 g/mol. The van der Waals surface area contributed by atoms with Gasteiger partial charge in [0.1, 0.15) is 0 Å². The zero-order chi connectivity index (χ0) is 71.6. The van der Waals surface area contributed by atoms with Crippen LogP contribution < -0.4 is 0 Å². The van der Waals surface area contributed by atoms with Crippen LogP contribution in [0.4, 0.5) is 0 Å². The van der Waals surface area contributed by atoms with Crippen molar-refractivity contribution in [2.45, 2.75) is 48.5 Å². The molecule has 0 radical (unpaired) electrons. The van der Waals surface area contributed by atoms with Crippen molar-refractivity contribution in [1.82, 2.24) is 0 Å². The summed E-state index contributed by atoms with van der Waals surface area (Å²) >= 11 is 0. The van der Waals surface area contributed by atoms with Crippen molar-refractivity contribution in [2.24, 2.45) is 0 Å². The summed E-state index contributed by atoms with van der Waals surface area (Å²) in [5.41, 5.74) is 32.1. The van der Waals surface area contributed by atoms with E-state index in [1.165, 1.54) is 139 Å². The number of hydrogen-bond donors (Lipinski definition) is 0. The Morgan fingerprint density at radius 3 is 0.621 bits per heavy atom. The van der Waals surface area contributed by atoms with Gasteiger partial charge in [-0.2, -0.15) is 0 Å². The van der Waals surface area contributed by atoms with Crippen molar-refractivity contribution in [2.75, 3.05) is 0 Å². The lowest BCUT2D eigenvalue weighted by atomic mass is 9.97. The fraction of sp³-hybridized carbons (Fsp3) is 0.0680. The summed E-state index contributed by atoms with van der Waals surface area (Å²) in [6.45, 7) is 14.8. The first-order chi connectivity index (χ1) is 50.5. The van der Waals surface area contributed by atoms with Gasteiger partial charge in [0, 0.05) is 0 Å². The van der Waals surface area contributed by atoms with Crippen molar-refractivity contribution in [1.29, 1.82) is 0 Å².